The Labute approximate surface area is 156 Å². The third-order valence-corrected chi connectivity index (χ3v) is 5.09. The van der Waals surface area contributed by atoms with E-state index in [-0.39, 0.29) is 18.4 Å². The van der Waals surface area contributed by atoms with Crippen LogP contribution < -0.4 is 5.32 Å². The zero-order valence-corrected chi connectivity index (χ0v) is 15.5. The smallest absolute Gasteiger partial charge is 0.350 e. The average molecular weight is 374 g/mol. The lowest BCUT2D eigenvalue weighted by Gasteiger charge is -2.32. The molecule has 138 valence electrons. The van der Waals surface area contributed by atoms with E-state index < -0.39 is 5.97 Å². The highest BCUT2D eigenvalue weighted by atomic mass is 32.1. The number of anilines is 1. The second-order valence-corrected chi connectivity index (χ2v) is 7.04. The van der Waals surface area contributed by atoms with Crippen molar-refractivity contribution in [2.75, 3.05) is 32.1 Å². The Morgan fingerprint density at radius 3 is 2.88 bits per heavy atom. The van der Waals surface area contributed by atoms with Gasteiger partial charge in [0.2, 0.25) is 5.91 Å². The van der Waals surface area contributed by atoms with Gasteiger partial charge in [-0.05, 0) is 17.0 Å². The molecule has 26 heavy (non-hydrogen) atoms. The second-order valence-electron chi connectivity index (χ2n) is 6.12. The van der Waals surface area contributed by atoms with Crippen LogP contribution in [0.4, 0.5) is 5.69 Å². The van der Waals surface area contributed by atoms with Gasteiger partial charge in [0.1, 0.15) is 4.88 Å². The topological polar surface area (TPSA) is 67.9 Å². The number of esters is 1. The van der Waals surface area contributed by atoms with E-state index in [2.05, 4.69) is 22.3 Å². The van der Waals surface area contributed by atoms with Crippen LogP contribution in [0.2, 0.25) is 0 Å². The van der Waals surface area contributed by atoms with Crippen LogP contribution in [0.5, 0.6) is 0 Å². The first kappa shape index (κ1) is 18.6. The van der Waals surface area contributed by atoms with Crippen LogP contribution in [-0.2, 0) is 20.8 Å². The first-order chi connectivity index (χ1) is 12.7. The van der Waals surface area contributed by atoms with Crippen LogP contribution >= 0.6 is 11.3 Å². The number of carbonyl (C=O) groups excluding carboxylic acids is 2. The molecule has 0 aliphatic carbocycles. The lowest BCUT2D eigenvalue weighted by molar-refractivity contribution is -0.121. The van der Waals surface area contributed by atoms with Gasteiger partial charge in [0.25, 0.3) is 0 Å². The third kappa shape index (κ3) is 4.91. The molecule has 1 unspecified atom stereocenters. The molecule has 1 aliphatic heterocycles. The molecule has 3 rings (SSSR count). The summed E-state index contributed by atoms with van der Waals surface area (Å²) < 4.78 is 10.5. The molecule has 2 heterocycles. The van der Waals surface area contributed by atoms with Crippen molar-refractivity contribution < 1.29 is 19.1 Å². The number of carbonyl (C=O) groups is 2. The first-order valence-corrected chi connectivity index (χ1v) is 9.37. The molecule has 1 N–H and O–H groups in total. The van der Waals surface area contributed by atoms with Gasteiger partial charge in [-0.15, -0.1) is 11.3 Å². The zero-order chi connectivity index (χ0) is 18.4. The maximum atomic E-state index is 12.3. The number of rotatable bonds is 6. The van der Waals surface area contributed by atoms with Crippen molar-refractivity contribution >= 4 is 28.9 Å². The minimum atomic E-state index is -0.446. The summed E-state index contributed by atoms with van der Waals surface area (Å²) in [7, 11) is 1.32. The zero-order valence-electron chi connectivity index (χ0n) is 14.6. The van der Waals surface area contributed by atoms with Crippen LogP contribution in [0.15, 0.2) is 41.8 Å². The van der Waals surface area contributed by atoms with E-state index in [1.165, 1.54) is 24.0 Å². The minimum Gasteiger partial charge on any atom is -0.465 e. The Balaban J connectivity index is 1.53. The van der Waals surface area contributed by atoms with Gasteiger partial charge in [-0.3, -0.25) is 9.69 Å². The SMILES string of the molecule is COC(=O)c1sccc1NC(=O)CC1CN(Cc2ccccc2)CCO1. The molecule has 1 saturated heterocycles. The van der Waals surface area contributed by atoms with E-state index >= 15 is 0 Å². The number of ether oxygens (including phenoxy) is 2. The van der Waals surface area contributed by atoms with Gasteiger partial charge >= 0.3 is 5.97 Å². The van der Waals surface area contributed by atoms with E-state index in [1.54, 1.807) is 11.4 Å². The van der Waals surface area contributed by atoms with E-state index in [1.807, 2.05) is 18.2 Å². The lowest BCUT2D eigenvalue weighted by atomic mass is 10.1. The van der Waals surface area contributed by atoms with Gasteiger partial charge in [-0.1, -0.05) is 30.3 Å². The monoisotopic (exact) mass is 374 g/mol. The van der Waals surface area contributed by atoms with Crippen molar-refractivity contribution in [1.29, 1.82) is 0 Å². The summed E-state index contributed by atoms with van der Waals surface area (Å²) in [6.07, 6.45) is 0.0922. The number of nitrogens with zero attached hydrogens (tertiary/aromatic N) is 1. The number of hydrogen-bond donors (Lipinski definition) is 1. The van der Waals surface area contributed by atoms with E-state index in [4.69, 9.17) is 9.47 Å². The molecule has 0 bridgehead atoms. The van der Waals surface area contributed by atoms with Crippen molar-refractivity contribution in [3.8, 4) is 0 Å². The molecule has 1 aromatic heterocycles. The Kier molecular flexibility index (Phi) is 6.38. The highest BCUT2D eigenvalue weighted by Crippen LogP contribution is 2.23. The molecule has 0 saturated carbocycles. The van der Waals surface area contributed by atoms with Crippen LogP contribution in [-0.4, -0.2) is 49.7 Å². The fourth-order valence-corrected chi connectivity index (χ4v) is 3.72. The summed E-state index contributed by atoms with van der Waals surface area (Å²) in [5, 5.41) is 4.54. The summed E-state index contributed by atoms with van der Waals surface area (Å²) in [6.45, 7) is 3.01. The summed E-state index contributed by atoms with van der Waals surface area (Å²) in [5.74, 6) is -0.613. The largest absolute Gasteiger partial charge is 0.465 e. The Hall–Kier alpha value is -2.22. The summed E-state index contributed by atoms with van der Waals surface area (Å²) in [4.78, 5) is 26.7. The van der Waals surface area contributed by atoms with Crippen LogP contribution in [0.3, 0.4) is 0 Å². The van der Waals surface area contributed by atoms with Crippen LogP contribution in [0, 0.1) is 0 Å². The van der Waals surface area contributed by atoms with Crippen molar-refractivity contribution in [2.24, 2.45) is 0 Å². The van der Waals surface area contributed by atoms with Crippen LogP contribution in [0.25, 0.3) is 0 Å². The average Bonchev–Trinajstić information content (AvgIpc) is 3.10. The number of nitrogens with one attached hydrogen (secondary N) is 1. The highest BCUT2D eigenvalue weighted by Gasteiger charge is 2.24. The van der Waals surface area contributed by atoms with Crippen molar-refractivity contribution in [3.05, 3.63) is 52.2 Å². The van der Waals surface area contributed by atoms with Gasteiger partial charge < -0.3 is 14.8 Å². The molecule has 1 amide bonds. The summed E-state index contributed by atoms with van der Waals surface area (Å²) >= 11 is 1.24. The fraction of sp³-hybridized carbons (Fsp3) is 0.368. The van der Waals surface area contributed by atoms with E-state index in [0.29, 0.717) is 23.7 Å². The number of benzene rings is 1. The molecule has 0 spiro atoms. The summed E-state index contributed by atoms with van der Waals surface area (Å²) in [5.41, 5.74) is 1.74. The maximum Gasteiger partial charge on any atom is 0.350 e. The van der Waals surface area contributed by atoms with Gasteiger partial charge in [-0.2, -0.15) is 0 Å². The number of methoxy groups -OCH3 is 1. The molecule has 7 heteroatoms. The summed E-state index contributed by atoms with van der Waals surface area (Å²) in [6, 6.07) is 12.0. The Morgan fingerprint density at radius 1 is 1.31 bits per heavy atom. The predicted molar refractivity (Wildman–Crippen MR) is 100 cm³/mol. The Morgan fingerprint density at radius 2 is 2.12 bits per heavy atom. The molecule has 1 aliphatic rings. The minimum absolute atomic E-state index is 0.160. The highest BCUT2D eigenvalue weighted by molar-refractivity contribution is 7.12. The predicted octanol–water partition coefficient (Wildman–Crippen LogP) is 2.76. The number of morpholine rings is 1. The van der Waals surface area contributed by atoms with Crippen molar-refractivity contribution in [2.45, 2.75) is 19.1 Å². The van der Waals surface area contributed by atoms with Crippen molar-refractivity contribution in [3.63, 3.8) is 0 Å². The third-order valence-electron chi connectivity index (χ3n) is 4.20. The molecule has 2 aromatic rings. The molecule has 1 aromatic carbocycles. The van der Waals surface area contributed by atoms with Crippen molar-refractivity contribution in [1.82, 2.24) is 4.90 Å². The maximum absolute atomic E-state index is 12.3. The first-order valence-electron chi connectivity index (χ1n) is 8.49. The van der Waals surface area contributed by atoms with Gasteiger partial charge in [0.05, 0.1) is 31.9 Å². The van der Waals surface area contributed by atoms with Gasteiger partial charge in [0, 0.05) is 19.6 Å². The molecular formula is C19H22N2O4S. The van der Waals surface area contributed by atoms with E-state index in [0.717, 1.165) is 13.1 Å². The normalized spacial score (nSPS) is 17.7. The number of amides is 1. The number of hydrogen-bond acceptors (Lipinski definition) is 6. The van der Waals surface area contributed by atoms with Gasteiger partial charge in [-0.25, -0.2) is 4.79 Å². The second kappa shape index (κ2) is 8.93. The van der Waals surface area contributed by atoms with Gasteiger partial charge in [0.15, 0.2) is 0 Å². The van der Waals surface area contributed by atoms with E-state index in [9.17, 15) is 9.59 Å². The molecule has 0 radical (unpaired) electrons. The molecule has 1 fully saturated rings. The standard InChI is InChI=1S/C19H22N2O4S/c1-24-19(23)18-16(7-10-26-18)20-17(22)11-15-13-21(8-9-25-15)12-14-5-3-2-4-6-14/h2-7,10,15H,8-9,11-13H2,1H3,(H,20,22). The Bertz CT molecular complexity index is 747. The molecule has 1 atom stereocenters. The molecule has 6 nitrogen and oxygen atoms in total. The lowest BCUT2D eigenvalue weighted by Crippen LogP contribution is -2.43. The fourth-order valence-electron chi connectivity index (χ4n) is 2.96. The van der Waals surface area contributed by atoms with Crippen LogP contribution in [0.1, 0.15) is 21.7 Å². The quantitative estimate of drug-likeness (QED) is 0.788. The number of thiophene rings is 1. The molecular weight excluding hydrogens is 352 g/mol.